The van der Waals surface area contributed by atoms with Crippen molar-refractivity contribution in [3.8, 4) is 11.5 Å². The fraction of sp³-hybridized carbons (Fsp3) is 0.529. The Morgan fingerprint density at radius 1 is 1.50 bits per heavy atom. The minimum absolute atomic E-state index is 0.0485. The van der Waals surface area contributed by atoms with Crippen molar-refractivity contribution in [2.24, 2.45) is 4.40 Å². The molecule has 24 heavy (non-hydrogen) atoms. The highest BCUT2D eigenvalue weighted by Crippen LogP contribution is 2.30. The minimum Gasteiger partial charge on any atom is -0.670 e. The van der Waals surface area contributed by atoms with E-state index in [1.807, 2.05) is 18.2 Å². The van der Waals surface area contributed by atoms with Gasteiger partial charge in [-0.3, -0.25) is 4.79 Å². The molecule has 1 fully saturated rings. The third-order valence-corrected chi connectivity index (χ3v) is 4.04. The molecular weight excluding hydrogens is 328 g/mol. The Kier molecular flexibility index (Phi) is 7.27. The van der Waals surface area contributed by atoms with Crippen LogP contribution < -0.4 is 9.47 Å². The summed E-state index contributed by atoms with van der Waals surface area (Å²) in [7, 11) is 3.36. The molecule has 1 aliphatic heterocycles. The predicted molar refractivity (Wildman–Crippen MR) is 94.7 cm³/mol. The average molecular weight is 351 g/mol. The molecule has 0 saturated carbocycles. The first kappa shape index (κ1) is 18.5. The number of hydrogen-bond donors (Lipinski definition) is 0. The topological polar surface area (TPSA) is 60.4 Å². The normalized spacial score (nSPS) is 17.2. The van der Waals surface area contributed by atoms with Crippen LogP contribution in [0.5, 0.6) is 11.5 Å². The molecule has 1 unspecified atom stereocenters. The number of rotatable bonds is 8. The number of carbonyl (C=O) groups is 1. The largest absolute Gasteiger partial charge is 0.670 e. The zero-order chi connectivity index (χ0) is 17.4. The van der Waals surface area contributed by atoms with E-state index in [1.165, 1.54) is 6.21 Å². The Balaban J connectivity index is 1.96. The van der Waals surface area contributed by atoms with Crippen LogP contribution in [0.25, 0.3) is 0 Å². The molecule has 0 bridgehead atoms. The first-order valence-corrected chi connectivity index (χ1v) is 8.30. The van der Waals surface area contributed by atoms with Gasteiger partial charge in [-0.05, 0) is 30.3 Å². The van der Waals surface area contributed by atoms with Crippen LogP contribution in [0.1, 0.15) is 18.4 Å². The number of methoxy groups -OCH3 is 1. The van der Waals surface area contributed by atoms with Crippen molar-refractivity contribution >= 4 is 24.9 Å². The van der Waals surface area contributed by atoms with E-state index < -0.39 is 0 Å². The maximum absolute atomic E-state index is 12.1. The summed E-state index contributed by atoms with van der Waals surface area (Å²) in [6, 6.07) is 5.77. The van der Waals surface area contributed by atoms with Gasteiger partial charge < -0.3 is 36.3 Å². The van der Waals surface area contributed by atoms with Crippen LogP contribution in [-0.4, -0.2) is 57.0 Å². The van der Waals surface area contributed by atoms with Gasteiger partial charge in [-0.2, -0.15) is 0 Å². The summed E-state index contributed by atoms with van der Waals surface area (Å²) < 4.78 is 20.1. The van der Waals surface area contributed by atoms with Crippen LogP contribution in [-0.2, 0) is 28.8 Å². The second-order valence-corrected chi connectivity index (χ2v) is 5.86. The summed E-state index contributed by atoms with van der Waals surface area (Å²) in [6.45, 7) is 1.75. The molecule has 1 aromatic rings. The van der Waals surface area contributed by atoms with Gasteiger partial charge in [0.15, 0.2) is 11.5 Å². The summed E-state index contributed by atoms with van der Waals surface area (Å²) in [4.78, 5) is 13.7. The Bertz CT molecular complexity index is 574. The quantitative estimate of drug-likeness (QED) is 0.528. The maximum atomic E-state index is 12.1. The molecule has 2 rings (SSSR count). The number of benzene rings is 1. The lowest BCUT2D eigenvalue weighted by molar-refractivity contribution is -0.129. The molecule has 132 valence electrons. The zero-order valence-electron chi connectivity index (χ0n) is 14.1. The van der Waals surface area contributed by atoms with Crippen molar-refractivity contribution in [2.75, 3.05) is 33.9 Å². The van der Waals surface area contributed by atoms with E-state index >= 15 is 0 Å². The second kappa shape index (κ2) is 9.44. The summed E-state index contributed by atoms with van der Waals surface area (Å²) in [5, 5.41) is 0. The van der Waals surface area contributed by atoms with Gasteiger partial charge in [0.05, 0.1) is 26.9 Å². The van der Waals surface area contributed by atoms with E-state index in [4.69, 9.17) is 14.2 Å². The number of amides is 1. The van der Waals surface area contributed by atoms with Crippen LogP contribution in [0.2, 0.25) is 0 Å². The molecule has 1 atom stereocenters. The van der Waals surface area contributed by atoms with Gasteiger partial charge in [0.25, 0.3) is 0 Å². The lowest BCUT2D eigenvalue weighted by Gasteiger charge is -2.17. The van der Waals surface area contributed by atoms with Gasteiger partial charge in [-0.25, -0.2) is 0 Å². The molecule has 0 aromatic heterocycles. The molecule has 0 spiro atoms. The minimum atomic E-state index is 0.0485. The number of nitrogens with zero attached hydrogens (tertiary/aromatic N) is 2. The van der Waals surface area contributed by atoms with Crippen molar-refractivity contribution in [1.29, 1.82) is 0 Å². The van der Waals surface area contributed by atoms with E-state index in [1.54, 1.807) is 19.1 Å². The van der Waals surface area contributed by atoms with E-state index in [-0.39, 0.29) is 12.0 Å². The summed E-state index contributed by atoms with van der Waals surface area (Å²) in [5.41, 5.74) is 1.03. The molecule has 1 heterocycles. The van der Waals surface area contributed by atoms with Crippen molar-refractivity contribution in [2.45, 2.75) is 25.4 Å². The van der Waals surface area contributed by atoms with Crippen LogP contribution >= 0.6 is 0 Å². The van der Waals surface area contributed by atoms with Crippen molar-refractivity contribution < 1.29 is 19.0 Å². The number of ether oxygens (including phenoxy) is 3. The third-order valence-electron chi connectivity index (χ3n) is 3.89. The Labute approximate surface area is 148 Å². The highest BCUT2D eigenvalue weighted by molar-refractivity contribution is 7.57. The van der Waals surface area contributed by atoms with Crippen LogP contribution in [0.15, 0.2) is 22.6 Å². The molecule has 7 heteroatoms. The molecule has 1 aromatic carbocycles. The third kappa shape index (κ3) is 5.35. The smallest absolute Gasteiger partial charge is 0.222 e. The standard InChI is InChI=1S/C17H24N2O4S/c1-19(9-8-18-24)17(20)6-4-13-3-5-15(21-2)16(11-13)23-14-7-10-22-12-14/h3,5,8,11,14,24H,4,6-7,9-10,12H2,1-2H3/p-1/b18-8+. The SMILES string of the molecule is COc1ccc(CCC(=O)N(C)C/C=N/[S-])cc1OC1CCOC1. The first-order valence-electron chi connectivity index (χ1n) is 7.93. The monoisotopic (exact) mass is 351 g/mol. The summed E-state index contributed by atoms with van der Waals surface area (Å²) >= 11 is 4.49. The molecule has 6 nitrogen and oxygen atoms in total. The Morgan fingerprint density at radius 2 is 2.33 bits per heavy atom. The van der Waals surface area contributed by atoms with Gasteiger partial charge in [-0.1, -0.05) is 6.07 Å². The lowest BCUT2D eigenvalue weighted by Crippen LogP contribution is -2.28. The molecule has 0 N–H and O–H groups in total. The molecule has 0 radical (unpaired) electrons. The lowest BCUT2D eigenvalue weighted by atomic mass is 10.1. The zero-order valence-corrected chi connectivity index (χ0v) is 14.9. The highest BCUT2D eigenvalue weighted by atomic mass is 32.1. The van der Waals surface area contributed by atoms with Crippen LogP contribution in [0.4, 0.5) is 0 Å². The number of hydrogen-bond acceptors (Lipinski definition) is 6. The van der Waals surface area contributed by atoms with Crippen LogP contribution in [0, 0.1) is 0 Å². The fourth-order valence-electron chi connectivity index (χ4n) is 2.45. The van der Waals surface area contributed by atoms with Gasteiger partial charge in [0, 0.05) is 19.9 Å². The summed E-state index contributed by atoms with van der Waals surface area (Å²) in [6.07, 6.45) is 3.52. The molecule has 1 aliphatic rings. The molecule has 1 amide bonds. The van der Waals surface area contributed by atoms with Crippen LogP contribution in [0.3, 0.4) is 0 Å². The maximum Gasteiger partial charge on any atom is 0.222 e. The van der Waals surface area contributed by atoms with Crippen molar-refractivity contribution in [3.05, 3.63) is 23.8 Å². The Hall–Kier alpha value is -1.86. The molecule has 0 aliphatic carbocycles. The van der Waals surface area contributed by atoms with Gasteiger partial charge >= 0.3 is 0 Å². The average Bonchev–Trinajstić information content (AvgIpc) is 3.10. The number of carbonyl (C=O) groups excluding carboxylic acids is 1. The highest BCUT2D eigenvalue weighted by Gasteiger charge is 2.19. The molecular formula is C17H23N2O4S-. The van der Waals surface area contributed by atoms with Gasteiger partial charge in [0.2, 0.25) is 5.91 Å². The van der Waals surface area contributed by atoms with E-state index in [9.17, 15) is 4.79 Å². The predicted octanol–water partition coefficient (Wildman–Crippen LogP) is 1.79. The fourth-order valence-corrected chi connectivity index (χ4v) is 2.52. The molecule has 1 saturated heterocycles. The van der Waals surface area contributed by atoms with Crippen molar-refractivity contribution in [1.82, 2.24) is 4.90 Å². The van der Waals surface area contributed by atoms with Crippen molar-refractivity contribution in [3.63, 3.8) is 0 Å². The van der Waals surface area contributed by atoms with Gasteiger partial charge in [-0.15, -0.1) is 0 Å². The first-order chi connectivity index (χ1) is 11.6. The van der Waals surface area contributed by atoms with E-state index in [0.717, 1.165) is 18.6 Å². The van der Waals surface area contributed by atoms with E-state index in [2.05, 4.69) is 17.2 Å². The van der Waals surface area contributed by atoms with Gasteiger partial charge in [0.1, 0.15) is 6.10 Å². The summed E-state index contributed by atoms with van der Waals surface area (Å²) in [5.74, 6) is 1.44. The van der Waals surface area contributed by atoms with E-state index in [0.29, 0.717) is 37.5 Å². The number of aryl methyl sites for hydroxylation is 1. The second-order valence-electron chi connectivity index (χ2n) is 5.65. The Morgan fingerprint density at radius 3 is 3.00 bits per heavy atom.